The fourth-order valence-electron chi connectivity index (χ4n) is 10.6. The van der Waals surface area contributed by atoms with E-state index in [2.05, 4.69) is 146 Å². The molecular formula is C60H60N4NiO. The van der Waals surface area contributed by atoms with Crippen molar-refractivity contribution in [1.29, 1.82) is 0 Å². The first kappa shape index (κ1) is 46.3. The van der Waals surface area contributed by atoms with Gasteiger partial charge in [-0.2, -0.15) is 0 Å². The zero-order valence-corrected chi connectivity index (χ0v) is 40.7. The van der Waals surface area contributed by atoms with Gasteiger partial charge in [-0.15, -0.1) is 16.6 Å². The first-order chi connectivity index (χ1) is 31.9. The van der Waals surface area contributed by atoms with Crippen molar-refractivity contribution in [2.45, 2.75) is 107 Å². The molecule has 4 aromatic carbocycles. The van der Waals surface area contributed by atoms with Crippen LogP contribution in [0.3, 0.4) is 0 Å². The summed E-state index contributed by atoms with van der Waals surface area (Å²) in [5.74, 6) is 1.45. The monoisotopic (exact) mass is 910 g/mol. The first-order valence-electron chi connectivity index (χ1n) is 24.1. The molecular weight excluding hydrogens is 851 g/mol. The Morgan fingerprint density at radius 2 is 0.636 bits per heavy atom. The van der Waals surface area contributed by atoms with Gasteiger partial charge in [-0.05, 0) is 119 Å². The number of rotatable bonds is 13. The second-order valence-corrected chi connectivity index (χ2v) is 16.9. The van der Waals surface area contributed by atoms with E-state index in [1.54, 1.807) is 0 Å². The molecule has 0 saturated carbocycles. The molecule has 9 rings (SSSR count). The molecule has 0 unspecified atom stereocenters. The second kappa shape index (κ2) is 20.1. The van der Waals surface area contributed by atoms with Gasteiger partial charge in [0.15, 0.2) is 0 Å². The number of aryl methyl sites for hydroxylation is 4. The zero-order valence-electron chi connectivity index (χ0n) is 39.7. The Bertz CT molecular complexity index is 3090. The summed E-state index contributed by atoms with van der Waals surface area (Å²) in [5, 5.41) is 0. The third-order valence-corrected chi connectivity index (χ3v) is 13.5. The van der Waals surface area contributed by atoms with Crippen LogP contribution in [0, 0.1) is 0 Å². The molecule has 0 spiro atoms. The van der Waals surface area contributed by atoms with Gasteiger partial charge in [0.1, 0.15) is 17.2 Å². The van der Waals surface area contributed by atoms with Gasteiger partial charge in [-0.3, -0.25) is 0 Å². The van der Waals surface area contributed by atoms with E-state index in [1.807, 2.05) is 30.3 Å². The third-order valence-electron chi connectivity index (χ3n) is 13.5. The Labute approximate surface area is 401 Å². The van der Waals surface area contributed by atoms with E-state index >= 15 is 0 Å². The summed E-state index contributed by atoms with van der Waals surface area (Å²) >= 11 is 0. The number of ether oxygens (including phenoxy) is 1. The molecule has 2 aliphatic rings. The molecule has 0 aliphatic carbocycles. The minimum absolute atomic E-state index is 0. The normalized spacial score (nSPS) is 12.5. The molecule has 2 aliphatic heterocycles. The van der Waals surface area contributed by atoms with Gasteiger partial charge in [0.2, 0.25) is 0 Å². The number of benzene rings is 4. The first-order valence-corrected chi connectivity index (χ1v) is 24.1. The number of hydrogen-bond donors (Lipinski definition) is 0. The van der Waals surface area contributed by atoms with Crippen LogP contribution in [-0.4, -0.2) is 9.97 Å². The molecule has 5 nitrogen and oxygen atoms in total. The average Bonchev–Trinajstić information content (AvgIpc) is 4.12. The minimum Gasteiger partial charge on any atom is -0.656 e. The minimum atomic E-state index is 0. The maximum Gasteiger partial charge on any atom is 2.00 e. The second-order valence-electron chi connectivity index (χ2n) is 16.9. The van der Waals surface area contributed by atoms with E-state index < -0.39 is 0 Å². The number of hydrogen-bond acceptors (Lipinski definition) is 3. The predicted octanol–water partition coefficient (Wildman–Crippen LogP) is 16.1. The molecule has 0 amide bonds. The quantitative estimate of drug-likeness (QED) is 0.108. The molecule has 0 radical (unpaired) electrons. The summed E-state index contributed by atoms with van der Waals surface area (Å²) in [6.45, 7) is 18.1. The number of fused-ring (bicyclic) bond motifs is 8. The molecule has 0 saturated heterocycles. The van der Waals surface area contributed by atoms with Crippen molar-refractivity contribution < 1.29 is 21.2 Å². The van der Waals surface area contributed by atoms with E-state index in [0.717, 1.165) is 135 Å². The molecule has 336 valence electrons. The average molecular weight is 912 g/mol. The van der Waals surface area contributed by atoms with Crippen LogP contribution in [0.1, 0.15) is 126 Å². The Kier molecular flexibility index (Phi) is 14.1. The van der Waals surface area contributed by atoms with Gasteiger partial charge in [0.25, 0.3) is 0 Å². The van der Waals surface area contributed by atoms with Crippen LogP contribution < -0.4 is 14.7 Å². The summed E-state index contributed by atoms with van der Waals surface area (Å²) in [6, 6.07) is 42.7. The van der Waals surface area contributed by atoms with E-state index in [0.29, 0.717) is 5.75 Å². The molecule has 0 N–H and O–H groups in total. The van der Waals surface area contributed by atoms with E-state index in [4.69, 9.17) is 24.7 Å². The molecule has 7 aromatic rings. The number of aromatic nitrogens is 4. The van der Waals surface area contributed by atoms with Crippen molar-refractivity contribution in [2.75, 3.05) is 0 Å². The van der Waals surface area contributed by atoms with Crippen LogP contribution in [0.4, 0.5) is 0 Å². The van der Waals surface area contributed by atoms with Gasteiger partial charge in [0, 0.05) is 0 Å². The molecule has 3 aromatic heterocycles. The standard InChI is InChI=1S/C60H60N4O.Ni/c1-9-41-43(11-3)54-50(38-31-23-18-24-32-38)56-45(13-5)47(15-7)58(63-56)60(65-40-35-27-20-28-36-40)59-48(16-8)46(14-6)57(64-59)51(39-33-25-19-26-34-39)55-44(12-4)42(10-2)53(62-55)49(52(41)61-54)37-29-21-17-22-30-37;/h17-36H,9-16H2,1-8H3;/q-2;+2. The molecule has 66 heavy (non-hydrogen) atoms. The fraction of sp³-hybridized carbons (Fsp3) is 0.267. The summed E-state index contributed by atoms with van der Waals surface area (Å²) in [7, 11) is 0. The predicted molar refractivity (Wildman–Crippen MR) is 274 cm³/mol. The Balaban J connectivity index is 0.00000592. The Morgan fingerprint density at radius 1 is 0.348 bits per heavy atom. The smallest absolute Gasteiger partial charge is 0.656 e. The number of para-hydroxylation sites is 1. The Hall–Kier alpha value is -6.23. The number of allylic oxidation sites excluding steroid dienone is 4. The molecule has 8 bridgehead atoms. The van der Waals surface area contributed by atoms with Gasteiger partial charge >= 0.3 is 16.5 Å². The summed E-state index contributed by atoms with van der Waals surface area (Å²) in [6.07, 6.45) is 6.43. The largest absolute Gasteiger partial charge is 2.00 e. The summed E-state index contributed by atoms with van der Waals surface area (Å²) < 4.78 is 7.24. The summed E-state index contributed by atoms with van der Waals surface area (Å²) in [5.41, 5.74) is 24.0. The van der Waals surface area contributed by atoms with Crippen LogP contribution in [0.2, 0.25) is 0 Å². The SMILES string of the molecule is CCC1=C(CC)c2nc1c(Oc1ccccc1)c1[n-]c(c(CC)c1CC)c(-c1ccccc1)c1nc(c(-c3ccccc3)c3[n-]c(c(CC)c3CC)c2-c2ccccc2)C(CC)=C1CC.[Ni+2]. The van der Waals surface area contributed by atoms with Crippen molar-refractivity contribution in [3.63, 3.8) is 0 Å². The molecule has 6 heteroatoms. The van der Waals surface area contributed by atoms with Crippen molar-refractivity contribution >= 4 is 44.4 Å². The van der Waals surface area contributed by atoms with Crippen molar-refractivity contribution in [1.82, 2.24) is 19.9 Å². The number of nitrogens with zero attached hydrogens (tertiary/aromatic N) is 4. The summed E-state index contributed by atoms with van der Waals surface area (Å²) in [4.78, 5) is 23.6. The van der Waals surface area contributed by atoms with Crippen molar-refractivity contribution in [3.05, 3.63) is 166 Å². The maximum atomic E-state index is 7.24. The zero-order chi connectivity index (χ0) is 45.2. The Morgan fingerprint density at radius 3 is 0.970 bits per heavy atom. The van der Waals surface area contributed by atoms with Crippen LogP contribution in [-0.2, 0) is 42.2 Å². The van der Waals surface area contributed by atoms with Gasteiger partial charge in [-0.1, -0.05) is 192 Å². The van der Waals surface area contributed by atoms with Crippen molar-refractivity contribution in [3.8, 4) is 44.9 Å². The van der Waals surface area contributed by atoms with Crippen LogP contribution >= 0.6 is 0 Å². The van der Waals surface area contributed by atoms with E-state index in [-0.39, 0.29) is 16.5 Å². The van der Waals surface area contributed by atoms with E-state index in [1.165, 1.54) is 44.5 Å². The topological polar surface area (TPSA) is 63.2 Å². The molecule has 0 fully saturated rings. The van der Waals surface area contributed by atoms with Crippen LogP contribution in [0.15, 0.2) is 121 Å². The molecule has 5 heterocycles. The van der Waals surface area contributed by atoms with Crippen LogP contribution in [0.5, 0.6) is 11.5 Å². The van der Waals surface area contributed by atoms with Gasteiger partial charge < -0.3 is 14.7 Å². The maximum absolute atomic E-state index is 7.24. The van der Waals surface area contributed by atoms with Gasteiger partial charge in [0.05, 0.1) is 17.1 Å². The third kappa shape index (κ3) is 7.88. The van der Waals surface area contributed by atoms with Gasteiger partial charge in [-0.25, -0.2) is 9.97 Å². The van der Waals surface area contributed by atoms with E-state index in [9.17, 15) is 0 Å². The fourth-order valence-corrected chi connectivity index (χ4v) is 10.6. The molecule has 0 atom stereocenters. The van der Waals surface area contributed by atoms with Crippen LogP contribution in [0.25, 0.3) is 77.7 Å². The van der Waals surface area contributed by atoms with Crippen molar-refractivity contribution in [2.24, 2.45) is 0 Å².